The molecule has 3 aliphatic carbocycles. The van der Waals surface area contributed by atoms with Crippen LogP contribution in [0.4, 0.5) is 0 Å². The Morgan fingerprint density at radius 1 is 0.843 bits per heavy atom. The van der Waals surface area contributed by atoms with Crippen LogP contribution in [0, 0.1) is 35.5 Å². The highest BCUT2D eigenvalue weighted by Gasteiger charge is 2.52. The molecular formula is C40H63NO10. The van der Waals surface area contributed by atoms with Crippen LogP contribution in [0.1, 0.15) is 85.5 Å². The van der Waals surface area contributed by atoms with Gasteiger partial charge in [0, 0.05) is 39.2 Å². The number of allylic oxidation sites excluding steroid dienone is 4. The average Bonchev–Trinajstić information content (AvgIpc) is 3.70. The van der Waals surface area contributed by atoms with Crippen LogP contribution in [0.5, 0.6) is 0 Å². The van der Waals surface area contributed by atoms with Crippen molar-refractivity contribution >= 4 is 11.8 Å². The fraction of sp³-hybridized carbons (Fsp3) is 0.850. The van der Waals surface area contributed by atoms with Crippen molar-refractivity contribution in [1.29, 1.82) is 0 Å². The van der Waals surface area contributed by atoms with Crippen LogP contribution in [-0.2, 0) is 47.5 Å². The minimum Gasteiger partial charge on any atom is -0.462 e. The van der Waals surface area contributed by atoms with Crippen LogP contribution in [-0.4, -0.2) is 108 Å². The lowest BCUT2D eigenvalue weighted by Gasteiger charge is -2.44. The monoisotopic (exact) mass is 717 g/mol. The molecule has 3 heterocycles. The maximum Gasteiger partial charge on any atom is 0.306 e. The summed E-state index contributed by atoms with van der Waals surface area (Å²) in [5.41, 5.74) is 0.761. The molecule has 51 heavy (non-hydrogen) atoms. The SMILES string of the molecule is CC[C@H]1CCC[C@H](O[C@H]2CC[C@H](NC)[C@@H](C)O2)[C@@H](C)C(=O)C2=C[C@@H]3[C@@H](C=C[C@@H]4C[C@@H](O[C@@H]5O[C@@H](C)[C@H](OC)[C@@H](OC)[C@H]5OC)C[C@@H]34)[C@@H]2CC(=O)O1. The number of ketones is 1. The van der Waals surface area contributed by atoms with E-state index in [0.29, 0.717) is 12.3 Å². The molecule has 11 nitrogen and oxygen atoms in total. The number of ether oxygens (including phenoxy) is 8. The molecule has 0 amide bonds. The van der Waals surface area contributed by atoms with Gasteiger partial charge in [0.2, 0.25) is 0 Å². The number of rotatable bonds is 9. The predicted molar refractivity (Wildman–Crippen MR) is 190 cm³/mol. The van der Waals surface area contributed by atoms with Crippen molar-refractivity contribution in [2.75, 3.05) is 28.4 Å². The summed E-state index contributed by atoms with van der Waals surface area (Å²) in [6.45, 7) is 8.12. The second kappa shape index (κ2) is 17.2. The Morgan fingerprint density at radius 2 is 1.61 bits per heavy atom. The van der Waals surface area contributed by atoms with Crippen molar-refractivity contribution < 1.29 is 47.5 Å². The smallest absolute Gasteiger partial charge is 0.306 e. The summed E-state index contributed by atoms with van der Waals surface area (Å²) in [5, 5.41) is 3.34. The summed E-state index contributed by atoms with van der Waals surface area (Å²) in [6, 6.07) is 0.288. The van der Waals surface area contributed by atoms with E-state index in [2.05, 4.69) is 37.4 Å². The lowest BCUT2D eigenvalue weighted by Crippen LogP contribution is -2.59. The van der Waals surface area contributed by atoms with E-state index in [-0.39, 0.29) is 103 Å². The number of Topliss-reactive ketones (excluding diaryl/α,β-unsaturated/α-hetero) is 1. The van der Waals surface area contributed by atoms with Gasteiger partial charge in [-0.15, -0.1) is 0 Å². The molecule has 0 aromatic carbocycles. The number of carbonyl (C=O) groups is 2. The van der Waals surface area contributed by atoms with Gasteiger partial charge in [-0.3, -0.25) is 9.59 Å². The van der Waals surface area contributed by atoms with E-state index in [1.165, 1.54) is 0 Å². The number of hydrogen-bond acceptors (Lipinski definition) is 11. The molecule has 6 rings (SSSR count). The second-order valence-corrected chi connectivity index (χ2v) is 15.9. The van der Waals surface area contributed by atoms with E-state index in [4.69, 9.17) is 37.9 Å². The Labute approximate surface area is 304 Å². The molecule has 0 radical (unpaired) electrons. The quantitative estimate of drug-likeness (QED) is 0.252. The van der Waals surface area contributed by atoms with Gasteiger partial charge in [-0.25, -0.2) is 0 Å². The largest absolute Gasteiger partial charge is 0.462 e. The highest BCUT2D eigenvalue weighted by atomic mass is 16.7. The fourth-order valence-corrected chi connectivity index (χ4v) is 10.1. The number of fused-ring (bicyclic) bond motifs is 5. The predicted octanol–water partition coefficient (Wildman–Crippen LogP) is 5.15. The molecule has 0 spiro atoms. The minimum atomic E-state index is -0.593. The van der Waals surface area contributed by atoms with Crippen molar-refractivity contribution in [3.63, 3.8) is 0 Å². The highest BCUT2D eigenvalue weighted by molar-refractivity contribution is 5.99. The minimum absolute atomic E-state index is 0.0241. The van der Waals surface area contributed by atoms with E-state index in [9.17, 15) is 9.59 Å². The molecule has 3 aliphatic heterocycles. The first-order chi connectivity index (χ1) is 24.6. The van der Waals surface area contributed by atoms with E-state index >= 15 is 0 Å². The van der Waals surface area contributed by atoms with Crippen LogP contribution in [0.15, 0.2) is 23.8 Å². The maximum absolute atomic E-state index is 14.6. The third kappa shape index (κ3) is 8.21. The second-order valence-electron chi connectivity index (χ2n) is 15.9. The molecule has 0 bridgehead atoms. The summed E-state index contributed by atoms with van der Waals surface area (Å²) in [4.78, 5) is 28.1. The standard InChI is InChI=1S/C40H63NO10/c1-9-25-11-10-12-33(51-35-16-15-32(41-5)22(3)47-35)21(2)36(43)31-19-29-27(30(31)20-34(42)49-25)14-13-24-17-26(18-28(24)29)50-40-39(46-8)38(45-7)37(44-6)23(4)48-40/h13-14,19,21-30,32-33,35,37-41H,9-12,15-18,20H2,1-8H3/t21-,22-,23+,24-,25+,26-,27-,28-,29-,30+,32+,33+,35+,37+,38-,39-,40+/m1/s1. The zero-order valence-electron chi connectivity index (χ0n) is 32.0. The van der Waals surface area contributed by atoms with Crippen molar-refractivity contribution in [1.82, 2.24) is 5.32 Å². The van der Waals surface area contributed by atoms with E-state index in [0.717, 1.165) is 50.5 Å². The summed E-state index contributed by atoms with van der Waals surface area (Å²) in [6.07, 6.45) is 10.8. The topological polar surface area (TPSA) is 120 Å². The van der Waals surface area contributed by atoms with Crippen LogP contribution < -0.4 is 5.32 Å². The molecule has 4 fully saturated rings. The summed E-state index contributed by atoms with van der Waals surface area (Å²) in [5.74, 6) is 0.0185. The molecule has 11 heteroatoms. The van der Waals surface area contributed by atoms with Gasteiger partial charge in [0.15, 0.2) is 18.4 Å². The van der Waals surface area contributed by atoms with Crippen LogP contribution in [0.3, 0.4) is 0 Å². The van der Waals surface area contributed by atoms with Gasteiger partial charge in [0.05, 0.1) is 30.8 Å². The van der Waals surface area contributed by atoms with Gasteiger partial charge < -0.3 is 43.2 Å². The lowest BCUT2D eigenvalue weighted by molar-refractivity contribution is -0.314. The van der Waals surface area contributed by atoms with Gasteiger partial charge in [-0.1, -0.05) is 32.1 Å². The molecule has 0 unspecified atom stereocenters. The number of esters is 1. The number of methoxy groups -OCH3 is 3. The first-order valence-corrected chi connectivity index (χ1v) is 19.6. The summed E-state index contributed by atoms with van der Waals surface area (Å²) >= 11 is 0. The molecule has 1 saturated carbocycles. The Morgan fingerprint density at radius 3 is 2.29 bits per heavy atom. The zero-order valence-corrected chi connectivity index (χ0v) is 32.0. The first kappa shape index (κ1) is 39.0. The van der Waals surface area contributed by atoms with E-state index in [1.807, 2.05) is 20.9 Å². The summed E-state index contributed by atoms with van der Waals surface area (Å²) < 4.78 is 49.4. The maximum atomic E-state index is 14.6. The Bertz CT molecular complexity index is 1260. The molecule has 0 aromatic rings. The number of nitrogens with one attached hydrogen (secondary N) is 1. The van der Waals surface area contributed by atoms with Gasteiger partial charge in [0.25, 0.3) is 0 Å². The van der Waals surface area contributed by atoms with E-state index in [1.54, 1.807) is 21.3 Å². The van der Waals surface area contributed by atoms with Crippen molar-refractivity contribution in [3.05, 3.63) is 23.8 Å². The van der Waals surface area contributed by atoms with Gasteiger partial charge in [0.1, 0.15) is 24.4 Å². The summed E-state index contributed by atoms with van der Waals surface area (Å²) in [7, 11) is 6.93. The van der Waals surface area contributed by atoms with E-state index < -0.39 is 12.4 Å². The van der Waals surface area contributed by atoms with Crippen molar-refractivity contribution in [3.8, 4) is 0 Å². The van der Waals surface area contributed by atoms with Crippen molar-refractivity contribution in [2.24, 2.45) is 35.5 Å². The van der Waals surface area contributed by atoms with Gasteiger partial charge in [-0.05, 0) is 102 Å². The molecular weight excluding hydrogens is 654 g/mol. The molecule has 3 saturated heterocycles. The highest BCUT2D eigenvalue weighted by Crippen LogP contribution is 2.54. The third-order valence-electron chi connectivity index (χ3n) is 13.0. The van der Waals surface area contributed by atoms with Crippen molar-refractivity contribution in [2.45, 2.75) is 153 Å². The Kier molecular flexibility index (Phi) is 13.1. The Balaban J connectivity index is 1.21. The lowest BCUT2D eigenvalue weighted by atomic mass is 9.70. The molecule has 1 N–H and O–H groups in total. The number of hydrogen-bond donors (Lipinski definition) is 1. The van der Waals surface area contributed by atoms with Crippen LogP contribution in [0.2, 0.25) is 0 Å². The van der Waals surface area contributed by atoms with Crippen LogP contribution >= 0.6 is 0 Å². The first-order valence-electron chi connectivity index (χ1n) is 19.6. The zero-order chi connectivity index (χ0) is 36.4. The molecule has 6 aliphatic rings. The third-order valence-corrected chi connectivity index (χ3v) is 13.0. The molecule has 0 aromatic heterocycles. The normalized spacial score (nSPS) is 46.3. The number of carbonyl (C=O) groups excluding carboxylic acids is 2. The average molecular weight is 718 g/mol. The molecule has 288 valence electrons. The Hall–Kier alpha value is -1.70. The fourth-order valence-electron chi connectivity index (χ4n) is 10.1. The van der Waals surface area contributed by atoms with Gasteiger partial charge >= 0.3 is 5.97 Å². The number of likely N-dealkylation sites (N-methyl/N-ethyl adjacent to an activating group) is 1. The molecule has 17 atom stereocenters. The van der Waals surface area contributed by atoms with Crippen LogP contribution in [0.25, 0.3) is 0 Å². The number of cyclic esters (lactones) is 1. The van der Waals surface area contributed by atoms with Gasteiger partial charge in [-0.2, -0.15) is 0 Å².